The molecule has 0 fully saturated rings. The van der Waals surface area contributed by atoms with Crippen LogP contribution in [0.4, 0.5) is 4.39 Å². The summed E-state index contributed by atoms with van der Waals surface area (Å²) in [6.07, 6.45) is 1.82. The Labute approximate surface area is 106 Å². The van der Waals surface area contributed by atoms with E-state index < -0.39 is 0 Å². The first kappa shape index (κ1) is 12.6. The van der Waals surface area contributed by atoms with E-state index in [-0.39, 0.29) is 24.3 Å². The predicted octanol–water partition coefficient (Wildman–Crippen LogP) is 2.65. The van der Waals surface area contributed by atoms with Gasteiger partial charge in [0.05, 0.1) is 5.52 Å². The van der Waals surface area contributed by atoms with Crippen LogP contribution in [0, 0.1) is 5.82 Å². The van der Waals surface area contributed by atoms with E-state index in [2.05, 4.69) is 0 Å². The lowest BCUT2D eigenvalue weighted by molar-refractivity contribution is -0.131. The third-order valence-corrected chi connectivity index (χ3v) is 3.21. The van der Waals surface area contributed by atoms with Gasteiger partial charge in [-0.3, -0.25) is 4.79 Å². The number of rotatable bonds is 3. The Balaban J connectivity index is 2.27. The maximum atomic E-state index is 13.2. The van der Waals surface area contributed by atoms with E-state index in [4.69, 9.17) is 0 Å². The van der Waals surface area contributed by atoms with Gasteiger partial charge in [0.15, 0.2) is 0 Å². The maximum Gasteiger partial charge on any atom is 0.242 e. The number of carbonyl (C=O) groups is 1. The van der Waals surface area contributed by atoms with Crippen LogP contribution >= 0.6 is 0 Å². The van der Waals surface area contributed by atoms with Crippen LogP contribution in [0.1, 0.15) is 13.8 Å². The fourth-order valence-corrected chi connectivity index (χ4v) is 1.84. The van der Waals surface area contributed by atoms with Crippen molar-refractivity contribution < 1.29 is 9.18 Å². The number of halogens is 1. The van der Waals surface area contributed by atoms with Gasteiger partial charge < -0.3 is 9.47 Å². The average Bonchev–Trinajstić information content (AvgIpc) is 2.70. The van der Waals surface area contributed by atoms with E-state index in [1.54, 1.807) is 22.6 Å². The highest BCUT2D eigenvalue weighted by Gasteiger charge is 2.13. The molecule has 0 unspecified atom stereocenters. The molecule has 0 atom stereocenters. The molecule has 0 aliphatic rings. The quantitative estimate of drug-likeness (QED) is 0.819. The lowest BCUT2D eigenvalue weighted by atomic mass is 10.2. The first-order valence-electron chi connectivity index (χ1n) is 5.99. The molecule has 0 saturated carbocycles. The Kier molecular flexibility index (Phi) is 3.36. The van der Waals surface area contributed by atoms with Crippen LogP contribution in [0.2, 0.25) is 0 Å². The van der Waals surface area contributed by atoms with E-state index in [0.717, 1.165) is 10.9 Å². The molecule has 1 aromatic carbocycles. The molecule has 3 nitrogen and oxygen atoms in total. The summed E-state index contributed by atoms with van der Waals surface area (Å²) in [5.74, 6) is -0.265. The van der Waals surface area contributed by atoms with Crippen molar-refractivity contribution in [3.05, 3.63) is 36.3 Å². The molecule has 1 amide bonds. The Hall–Kier alpha value is -1.84. The van der Waals surface area contributed by atoms with E-state index >= 15 is 0 Å². The molecule has 0 bridgehead atoms. The molecule has 1 aromatic heterocycles. The Morgan fingerprint density at radius 3 is 2.78 bits per heavy atom. The van der Waals surface area contributed by atoms with Crippen LogP contribution in [0.3, 0.4) is 0 Å². The van der Waals surface area contributed by atoms with Crippen molar-refractivity contribution in [2.24, 2.45) is 0 Å². The molecule has 4 heteroatoms. The van der Waals surface area contributed by atoms with Crippen molar-refractivity contribution in [1.82, 2.24) is 9.47 Å². The summed E-state index contributed by atoms with van der Waals surface area (Å²) in [7, 11) is 1.78. The lowest BCUT2D eigenvalue weighted by Gasteiger charge is -2.21. The van der Waals surface area contributed by atoms with Gasteiger partial charge in [-0.2, -0.15) is 0 Å². The van der Waals surface area contributed by atoms with Gasteiger partial charge in [0, 0.05) is 19.3 Å². The summed E-state index contributed by atoms with van der Waals surface area (Å²) in [4.78, 5) is 13.7. The molecule has 1 heterocycles. The molecule has 96 valence electrons. The monoisotopic (exact) mass is 248 g/mol. The second-order valence-electron chi connectivity index (χ2n) is 4.75. The number of fused-ring (bicyclic) bond motifs is 1. The molecule has 0 spiro atoms. The molecule has 0 radical (unpaired) electrons. The van der Waals surface area contributed by atoms with Crippen LogP contribution in [0.5, 0.6) is 0 Å². The molecular formula is C14H17FN2O. The van der Waals surface area contributed by atoms with Crippen LogP contribution in [0.15, 0.2) is 30.5 Å². The third-order valence-electron chi connectivity index (χ3n) is 3.21. The van der Waals surface area contributed by atoms with Gasteiger partial charge in [-0.1, -0.05) is 0 Å². The summed E-state index contributed by atoms with van der Waals surface area (Å²) in [6, 6.07) is 6.65. The summed E-state index contributed by atoms with van der Waals surface area (Å²) in [5.41, 5.74) is 0.750. The highest BCUT2D eigenvalue weighted by molar-refractivity contribution is 5.83. The first-order chi connectivity index (χ1) is 8.49. The van der Waals surface area contributed by atoms with Crippen molar-refractivity contribution in [3.8, 4) is 0 Å². The van der Waals surface area contributed by atoms with Gasteiger partial charge >= 0.3 is 0 Å². The van der Waals surface area contributed by atoms with Gasteiger partial charge in [-0.25, -0.2) is 4.39 Å². The van der Waals surface area contributed by atoms with Crippen LogP contribution in [-0.2, 0) is 11.3 Å². The normalized spacial score (nSPS) is 11.2. The summed E-state index contributed by atoms with van der Waals surface area (Å²) >= 11 is 0. The molecule has 2 aromatic rings. The van der Waals surface area contributed by atoms with E-state index in [9.17, 15) is 9.18 Å². The third kappa shape index (κ3) is 2.37. The zero-order valence-corrected chi connectivity index (χ0v) is 10.9. The van der Waals surface area contributed by atoms with Crippen LogP contribution in [0.25, 0.3) is 10.9 Å². The molecule has 0 aliphatic heterocycles. The Morgan fingerprint density at radius 2 is 2.11 bits per heavy atom. The molecule has 0 saturated heterocycles. The zero-order valence-electron chi connectivity index (χ0n) is 10.9. The summed E-state index contributed by atoms with van der Waals surface area (Å²) in [6.45, 7) is 4.16. The van der Waals surface area contributed by atoms with Crippen LogP contribution in [-0.4, -0.2) is 28.5 Å². The number of aromatic nitrogens is 1. The highest BCUT2D eigenvalue weighted by Crippen LogP contribution is 2.17. The predicted molar refractivity (Wildman–Crippen MR) is 69.8 cm³/mol. The number of hydrogen-bond acceptors (Lipinski definition) is 1. The number of nitrogens with zero attached hydrogens (tertiary/aromatic N) is 2. The number of carbonyl (C=O) groups excluding carboxylic acids is 1. The lowest BCUT2D eigenvalue weighted by Crippen LogP contribution is -2.35. The summed E-state index contributed by atoms with van der Waals surface area (Å²) < 4.78 is 15.0. The van der Waals surface area contributed by atoms with Crippen LogP contribution < -0.4 is 0 Å². The largest absolute Gasteiger partial charge is 0.342 e. The maximum absolute atomic E-state index is 13.2. The average molecular weight is 248 g/mol. The van der Waals surface area contributed by atoms with E-state index in [0.29, 0.717) is 0 Å². The second kappa shape index (κ2) is 4.80. The highest BCUT2D eigenvalue weighted by atomic mass is 19.1. The SMILES string of the molecule is CC(C)N(C)C(=O)Cn1ccc2ccc(F)cc21. The fourth-order valence-electron chi connectivity index (χ4n) is 1.84. The molecule has 0 N–H and O–H groups in total. The number of likely N-dealkylation sites (N-methyl/N-ethyl adjacent to an activating group) is 1. The van der Waals surface area contributed by atoms with Crippen molar-refractivity contribution in [2.45, 2.75) is 26.4 Å². The van der Waals surface area contributed by atoms with Gasteiger partial charge in [0.1, 0.15) is 12.4 Å². The first-order valence-corrected chi connectivity index (χ1v) is 5.99. The number of amides is 1. The Morgan fingerprint density at radius 1 is 1.39 bits per heavy atom. The van der Waals surface area contributed by atoms with Gasteiger partial charge in [0.2, 0.25) is 5.91 Å². The van der Waals surface area contributed by atoms with E-state index in [1.807, 2.05) is 26.1 Å². The standard InChI is InChI=1S/C14H17FN2O/c1-10(2)16(3)14(18)9-17-7-6-11-4-5-12(15)8-13(11)17/h4-8,10H,9H2,1-3H3. The van der Waals surface area contributed by atoms with E-state index in [1.165, 1.54) is 12.1 Å². The van der Waals surface area contributed by atoms with Crippen molar-refractivity contribution in [1.29, 1.82) is 0 Å². The van der Waals surface area contributed by atoms with Gasteiger partial charge in [-0.05, 0) is 43.5 Å². The topological polar surface area (TPSA) is 25.2 Å². The minimum Gasteiger partial charge on any atom is -0.342 e. The molecule has 18 heavy (non-hydrogen) atoms. The van der Waals surface area contributed by atoms with Crippen molar-refractivity contribution >= 4 is 16.8 Å². The van der Waals surface area contributed by atoms with Crippen molar-refractivity contribution in [2.75, 3.05) is 7.05 Å². The molecular weight excluding hydrogens is 231 g/mol. The number of hydrogen-bond donors (Lipinski definition) is 0. The minimum atomic E-state index is -0.285. The fraction of sp³-hybridized carbons (Fsp3) is 0.357. The minimum absolute atomic E-state index is 0.0201. The van der Waals surface area contributed by atoms with Gasteiger partial charge in [0.25, 0.3) is 0 Å². The second-order valence-corrected chi connectivity index (χ2v) is 4.75. The summed E-state index contributed by atoms with van der Waals surface area (Å²) in [5, 5.41) is 0.941. The smallest absolute Gasteiger partial charge is 0.242 e. The van der Waals surface area contributed by atoms with Crippen molar-refractivity contribution in [3.63, 3.8) is 0 Å². The molecule has 2 rings (SSSR count). The van der Waals surface area contributed by atoms with Gasteiger partial charge in [-0.15, -0.1) is 0 Å². The number of benzene rings is 1. The Bertz CT molecular complexity index is 574. The zero-order chi connectivity index (χ0) is 13.3. The molecule has 0 aliphatic carbocycles.